The van der Waals surface area contributed by atoms with E-state index in [0.29, 0.717) is 0 Å². The summed E-state index contributed by atoms with van der Waals surface area (Å²) in [4.78, 5) is 20.9. The number of nitrogen functional groups attached to an aromatic ring is 1. The second kappa shape index (κ2) is 5.17. The van der Waals surface area contributed by atoms with Gasteiger partial charge < -0.3 is 30.5 Å². The van der Waals surface area contributed by atoms with E-state index in [2.05, 4.69) is 9.51 Å². The highest BCUT2D eigenvalue weighted by atomic mass is 31.2. The Kier molecular flexibility index (Phi) is 3.92. The van der Waals surface area contributed by atoms with Crippen LogP contribution in [0.2, 0.25) is 0 Å². The molecule has 0 aromatic carbocycles. The molecule has 0 spiro atoms. The fourth-order valence-electron chi connectivity index (χ4n) is 1.79. The third kappa shape index (κ3) is 3.12. The first-order chi connectivity index (χ1) is 8.79. The van der Waals surface area contributed by atoms with Gasteiger partial charge in [-0.3, -0.25) is 9.09 Å². The Bertz CT molecular complexity index is 488. The topological polar surface area (TPSA) is 160 Å². The molecule has 10 nitrogen and oxygen atoms in total. The molecule has 1 saturated heterocycles. The molecule has 1 aromatic rings. The summed E-state index contributed by atoms with van der Waals surface area (Å²) in [7, 11) is -4.67. The van der Waals surface area contributed by atoms with Crippen LogP contribution in [0.3, 0.4) is 0 Å². The number of anilines is 1. The van der Waals surface area contributed by atoms with Crippen molar-refractivity contribution in [2.75, 3.05) is 12.3 Å². The predicted octanol–water partition coefficient (Wildman–Crippen LogP) is -1.81. The first kappa shape index (κ1) is 14.4. The molecule has 1 aliphatic rings. The molecule has 2 rings (SSSR count). The maximum absolute atomic E-state index is 10.6. The number of hydrogen-bond acceptors (Lipinski definition) is 7. The number of phosphoric ester groups is 1. The molecule has 0 saturated carbocycles. The molecule has 0 radical (unpaired) electrons. The summed E-state index contributed by atoms with van der Waals surface area (Å²) in [6, 6.07) is 0. The molecule has 19 heavy (non-hydrogen) atoms. The van der Waals surface area contributed by atoms with Crippen molar-refractivity contribution < 1.29 is 33.8 Å². The standard InChI is InChI=1S/C8H14N3O7P/c9-5-1-10-3-11(5)8-7(13)6(12)4(18-8)2-17-19(14,15)16/h1,3-4,6-8,12-13H,2,9H2,(H2,14,15,16)/t4-,6-,7-,8?/m1/s1. The van der Waals surface area contributed by atoms with Gasteiger partial charge >= 0.3 is 7.82 Å². The minimum absolute atomic E-state index is 0.216. The van der Waals surface area contributed by atoms with Gasteiger partial charge in [-0.25, -0.2) is 9.55 Å². The molecule has 2 heterocycles. The highest BCUT2D eigenvalue weighted by Crippen LogP contribution is 2.38. The highest BCUT2D eigenvalue weighted by Gasteiger charge is 2.44. The van der Waals surface area contributed by atoms with Crippen LogP contribution >= 0.6 is 7.82 Å². The average molecular weight is 295 g/mol. The maximum atomic E-state index is 10.6. The van der Waals surface area contributed by atoms with E-state index in [-0.39, 0.29) is 5.82 Å². The van der Waals surface area contributed by atoms with Gasteiger partial charge in [-0.05, 0) is 0 Å². The fraction of sp³-hybridized carbons (Fsp3) is 0.625. The monoisotopic (exact) mass is 295 g/mol. The van der Waals surface area contributed by atoms with Crippen LogP contribution in [0.4, 0.5) is 5.82 Å². The zero-order valence-electron chi connectivity index (χ0n) is 9.60. The van der Waals surface area contributed by atoms with Crippen LogP contribution in [0, 0.1) is 0 Å². The summed E-state index contributed by atoms with van der Waals surface area (Å²) in [6.07, 6.45) is -2.12. The van der Waals surface area contributed by atoms with Gasteiger partial charge in [0.1, 0.15) is 24.1 Å². The number of aliphatic hydroxyl groups excluding tert-OH is 2. The fourth-order valence-corrected chi connectivity index (χ4v) is 2.14. The summed E-state index contributed by atoms with van der Waals surface area (Å²) in [6.45, 7) is -0.562. The number of aromatic nitrogens is 2. The molecule has 108 valence electrons. The first-order valence-electron chi connectivity index (χ1n) is 5.28. The van der Waals surface area contributed by atoms with E-state index in [4.69, 9.17) is 20.3 Å². The van der Waals surface area contributed by atoms with Crippen LogP contribution in [-0.2, 0) is 13.8 Å². The van der Waals surface area contributed by atoms with Crippen molar-refractivity contribution in [2.45, 2.75) is 24.5 Å². The molecular weight excluding hydrogens is 281 g/mol. The molecule has 11 heteroatoms. The number of rotatable bonds is 4. The quantitative estimate of drug-likeness (QED) is 0.403. The molecule has 0 amide bonds. The van der Waals surface area contributed by atoms with E-state index in [1.54, 1.807) is 0 Å². The molecule has 0 aliphatic carbocycles. The van der Waals surface area contributed by atoms with Crippen molar-refractivity contribution in [1.29, 1.82) is 0 Å². The second-order valence-electron chi connectivity index (χ2n) is 4.06. The van der Waals surface area contributed by atoms with Gasteiger partial charge in [0.2, 0.25) is 0 Å². The minimum Gasteiger partial charge on any atom is -0.387 e. The van der Waals surface area contributed by atoms with E-state index in [1.807, 2.05) is 0 Å². The number of imidazole rings is 1. The number of nitrogens with zero attached hydrogens (tertiary/aromatic N) is 2. The van der Waals surface area contributed by atoms with Crippen LogP contribution in [0.15, 0.2) is 12.5 Å². The normalized spacial score (nSPS) is 31.8. The summed E-state index contributed by atoms with van der Waals surface area (Å²) >= 11 is 0. The van der Waals surface area contributed by atoms with Crippen molar-refractivity contribution in [3.63, 3.8) is 0 Å². The van der Waals surface area contributed by atoms with Crippen molar-refractivity contribution in [2.24, 2.45) is 0 Å². The van der Waals surface area contributed by atoms with Crippen molar-refractivity contribution >= 4 is 13.6 Å². The van der Waals surface area contributed by atoms with Crippen LogP contribution in [0.1, 0.15) is 6.23 Å². The summed E-state index contributed by atoms with van der Waals surface area (Å²) in [5.74, 6) is 0.216. The SMILES string of the molecule is Nc1cncn1C1O[C@H](COP(=O)(O)O)[C@@H](O)[C@H]1O. The van der Waals surface area contributed by atoms with Gasteiger partial charge in [0.25, 0.3) is 0 Å². The summed E-state index contributed by atoms with van der Waals surface area (Å²) in [5, 5.41) is 19.6. The van der Waals surface area contributed by atoms with Crippen molar-refractivity contribution in [3.05, 3.63) is 12.5 Å². The highest BCUT2D eigenvalue weighted by molar-refractivity contribution is 7.46. The predicted molar refractivity (Wildman–Crippen MR) is 60.6 cm³/mol. The smallest absolute Gasteiger partial charge is 0.387 e. The molecule has 1 unspecified atom stereocenters. The van der Waals surface area contributed by atoms with Crippen LogP contribution < -0.4 is 5.73 Å². The van der Waals surface area contributed by atoms with Gasteiger partial charge in [0, 0.05) is 0 Å². The van der Waals surface area contributed by atoms with Gasteiger partial charge in [-0.15, -0.1) is 0 Å². The van der Waals surface area contributed by atoms with Crippen molar-refractivity contribution in [1.82, 2.24) is 9.55 Å². The van der Waals surface area contributed by atoms with Gasteiger partial charge in [-0.1, -0.05) is 0 Å². The zero-order valence-corrected chi connectivity index (χ0v) is 10.5. The number of nitrogens with two attached hydrogens (primary N) is 1. The van der Waals surface area contributed by atoms with E-state index < -0.39 is 39.0 Å². The van der Waals surface area contributed by atoms with Crippen LogP contribution in [0.25, 0.3) is 0 Å². The van der Waals surface area contributed by atoms with Crippen LogP contribution in [-0.4, -0.2) is 54.5 Å². The third-order valence-electron chi connectivity index (χ3n) is 2.71. The van der Waals surface area contributed by atoms with E-state index in [9.17, 15) is 14.8 Å². The molecule has 1 aromatic heterocycles. The number of aliphatic hydroxyl groups is 2. The first-order valence-corrected chi connectivity index (χ1v) is 6.81. The molecule has 0 bridgehead atoms. The maximum Gasteiger partial charge on any atom is 0.469 e. The average Bonchev–Trinajstić information content (AvgIpc) is 2.83. The van der Waals surface area contributed by atoms with E-state index in [0.717, 1.165) is 0 Å². The lowest BCUT2D eigenvalue weighted by Gasteiger charge is -2.17. The lowest BCUT2D eigenvalue weighted by Crippen LogP contribution is -2.33. The Labute approximate surface area is 107 Å². The summed E-state index contributed by atoms with van der Waals surface area (Å²) < 4.78 is 21.4. The largest absolute Gasteiger partial charge is 0.469 e. The van der Waals surface area contributed by atoms with Gasteiger partial charge in [-0.2, -0.15) is 0 Å². The number of hydrogen-bond donors (Lipinski definition) is 5. The summed E-state index contributed by atoms with van der Waals surface area (Å²) in [5.41, 5.74) is 5.59. The minimum atomic E-state index is -4.67. The lowest BCUT2D eigenvalue weighted by molar-refractivity contribution is -0.0510. The van der Waals surface area contributed by atoms with E-state index >= 15 is 0 Å². The molecule has 4 atom stereocenters. The van der Waals surface area contributed by atoms with E-state index in [1.165, 1.54) is 17.1 Å². The van der Waals surface area contributed by atoms with Gasteiger partial charge in [0.05, 0.1) is 19.1 Å². The van der Waals surface area contributed by atoms with Crippen molar-refractivity contribution in [3.8, 4) is 0 Å². The Morgan fingerprint density at radius 1 is 1.47 bits per heavy atom. The van der Waals surface area contributed by atoms with Crippen LogP contribution in [0.5, 0.6) is 0 Å². The van der Waals surface area contributed by atoms with Gasteiger partial charge in [0.15, 0.2) is 6.23 Å². The Morgan fingerprint density at radius 3 is 2.68 bits per heavy atom. The number of ether oxygens (including phenoxy) is 1. The third-order valence-corrected chi connectivity index (χ3v) is 3.20. The lowest BCUT2D eigenvalue weighted by atomic mass is 10.1. The molecule has 6 N–H and O–H groups in total. The second-order valence-corrected chi connectivity index (χ2v) is 5.30. The Hall–Kier alpha value is -1.00. The molecule has 1 aliphatic heterocycles. The molecule has 1 fully saturated rings. The Morgan fingerprint density at radius 2 is 2.16 bits per heavy atom. The molecular formula is C8H14N3O7P. The zero-order chi connectivity index (χ0) is 14.2. The Balaban J connectivity index is 2.07. The number of phosphoric acid groups is 1.